The van der Waals surface area contributed by atoms with Gasteiger partial charge in [0.25, 0.3) is 5.91 Å². The fraction of sp³-hybridized carbons (Fsp3) is 0.391. The van der Waals surface area contributed by atoms with Crippen molar-refractivity contribution in [1.29, 1.82) is 0 Å². The Bertz CT molecular complexity index is 1190. The maximum Gasteiger partial charge on any atom is 0.260 e. The molecular weight excluding hydrogens is 482 g/mol. The molecular formula is C23H30ClN3O4S2. The molecule has 33 heavy (non-hydrogen) atoms. The molecule has 0 N–H and O–H groups in total. The van der Waals surface area contributed by atoms with Crippen molar-refractivity contribution < 1.29 is 17.9 Å². The van der Waals surface area contributed by atoms with Gasteiger partial charge in [0.1, 0.15) is 5.75 Å². The van der Waals surface area contributed by atoms with Gasteiger partial charge in [0.05, 0.1) is 28.0 Å². The second-order valence-electron chi connectivity index (χ2n) is 7.25. The van der Waals surface area contributed by atoms with Crippen molar-refractivity contribution in [2.75, 3.05) is 43.9 Å². The van der Waals surface area contributed by atoms with Crippen molar-refractivity contribution >= 4 is 54.8 Å². The number of nitrogens with zero attached hydrogens (tertiary/aromatic N) is 3. The van der Waals surface area contributed by atoms with E-state index < -0.39 is 9.84 Å². The summed E-state index contributed by atoms with van der Waals surface area (Å²) in [4.78, 5) is 22.3. The highest BCUT2D eigenvalue weighted by Crippen LogP contribution is 2.32. The topological polar surface area (TPSA) is 79.8 Å². The molecule has 0 bridgehead atoms. The van der Waals surface area contributed by atoms with Crippen LogP contribution in [0.1, 0.15) is 31.1 Å². The highest BCUT2D eigenvalue weighted by molar-refractivity contribution is 7.91. The van der Waals surface area contributed by atoms with E-state index >= 15 is 0 Å². The molecule has 0 spiro atoms. The van der Waals surface area contributed by atoms with Crippen LogP contribution in [0.2, 0.25) is 0 Å². The Morgan fingerprint density at radius 3 is 2.42 bits per heavy atom. The molecule has 0 radical (unpaired) electrons. The van der Waals surface area contributed by atoms with Gasteiger partial charge in [0.2, 0.25) is 0 Å². The molecule has 7 nitrogen and oxygen atoms in total. The second kappa shape index (κ2) is 11.8. The number of sulfone groups is 1. The number of aromatic nitrogens is 1. The summed E-state index contributed by atoms with van der Waals surface area (Å²) < 4.78 is 30.9. The number of carbonyl (C=O) groups excluding carboxylic acids is 1. The maximum atomic E-state index is 13.6. The van der Waals surface area contributed by atoms with Gasteiger partial charge >= 0.3 is 0 Å². The number of halogens is 1. The molecule has 0 unspecified atom stereocenters. The van der Waals surface area contributed by atoms with Crippen LogP contribution in [0.5, 0.6) is 5.75 Å². The van der Waals surface area contributed by atoms with Gasteiger partial charge in [-0.2, -0.15) is 0 Å². The number of amides is 1. The molecule has 0 saturated carbocycles. The number of ether oxygens (including phenoxy) is 1. The Labute approximate surface area is 205 Å². The number of hydrogen-bond donors (Lipinski definition) is 0. The largest absolute Gasteiger partial charge is 0.497 e. The molecule has 0 aliphatic carbocycles. The normalized spacial score (nSPS) is 11.4. The molecule has 0 saturated heterocycles. The van der Waals surface area contributed by atoms with Crippen LogP contribution in [0, 0.1) is 0 Å². The number of benzene rings is 2. The lowest BCUT2D eigenvalue weighted by Crippen LogP contribution is -2.39. The molecule has 0 aliphatic rings. The molecule has 1 heterocycles. The highest BCUT2D eigenvalue weighted by atomic mass is 35.5. The van der Waals surface area contributed by atoms with Gasteiger partial charge in [-0.05, 0) is 49.5 Å². The van der Waals surface area contributed by atoms with Crippen molar-refractivity contribution in [2.45, 2.75) is 25.7 Å². The smallest absolute Gasteiger partial charge is 0.260 e. The van der Waals surface area contributed by atoms with E-state index in [0.717, 1.165) is 29.1 Å². The van der Waals surface area contributed by atoms with Gasteiger partial charge in [0, 0.05) is 18.7 Å². The highest BCUT2D eigenvalue weighted by Gasteiger charge is 2.23. The van der Waals surface area contributed by atoms with Crippen LogP contribution in [0.25, 0.3) is 10.2 Å². The third kappa shape index (κ3) is 6.23. The minimum Gasteiger partial charge on any atom is -0.497 e. The maximum absolute atomic E-state index is 13.6. The van der Waals surface area contributed by atoms with Gasteiger partial charge in [-0.3, -0.25) is 9.69 Å². The Hall–Kier alpha value is -2.20. The molecule has 0 fully saturated rings. The fourth-order valence-corrected chi connectivity index (χ4v) is 5.29. The predicted molar refractivity (Wildman–Crippen MR) is 137 cm³/mol. The number of anilines is 1. The first kappa shape index (κ1) is 27.0. The third-order valence-electron chi connectivity index (χ3n) is 5.41. The zero-order chi connectivity index (χ0) is 23.3. The van der Waals surface area contributed by atoms with Crippen LogP contribution in [-0.4, -0.2) is 63.3 Å². The van der Waals surface area contributed by atoms with E-state index in [1.165, 1.54) is 23.5 Å². The van der Waals surface area contributed by atoms with Crippen LogP contribution < -0.4 is 9.64 Å². The molecule has 10 heteroatoms. The number of hydrogen-bond acceptors (Lipinski definition) is 7. The summed E-state index contributed by atoms with van der Waals surface area (Å²) in [5.74, 6) is 0.443. The van der Waals surface area contributed by atoms with E-state index in [9.17, 15) is 13.2 Å². The summed E-state index contributed by atoms with van der Waals surface area (Å²) >= 11 is 1.42. The third-order valence-corrected chi connectivity index (χ3v) is 8.19. The number of carbonyl (C=O) groups is 1. The van der Waals surface area contributed by atoms with E-state index in [4.69, 9.17) is 4.74 Å². The minimum absolute atomic E-state index is 0. The van der Waals surface area contributed by atoms with Crippen molar-refractivity contribution in [2.24, 2.45) is 0 Å². The Morgan fingerprint density at radius 2 is 1.79 bits per heavy atom. The lowest BCUT2D eigenvalue weighted by Gasteiger charge is -2.25. The van der Waals surface area contributed by atoms with Crippen LogP contribution in [0.4, 0.5) is 5.13 Å². The van der Waals surface area contributed by atoms with Crippen LogP contribution in [0.3, 0.4) is 0 Å². The van der Waals surface area contributed by atoms with Gasteiger partial charge in [-0.15, -0.1) is 12.4 Å². The van der Waals surface area contributed by atoms with Crippen LogP contribution in [-0.2, 0) is 9.84 Å². The molecule has 0 atom stereocenters. The van der Waals surface area contributed by atoms with Gasteiger partial charge < -0.3 is 9.64 Å². The molecule has 1 aromatic heterocycles. The SMILES string of the molecule is CCN(CC)CCN(C(=O)c1cccc(S(=O)(=O)CC)c1)c1nc2ccc(OC)cc2s1.Cl. The zero-order valence-electron chi connectivity index (χ0n) is 19.3. The summed E-state index contributed by atoms with van der Waals surface area (Å²) in [7, 11) is -1.80. The van der Waals surface area contributed by atoms with Gasteiger partial charge in [-0.1, -0.05) is 38.2 Å². The van der Waals surface area contributed by atoms with E-state index in [1.807, 2.05) is 18.2 Å². The molecule has 0 aliphatic heterocycles. The first-order chi connectivity index (χ1) is 15.3. The average molecular weight is 512 g/mol. The van der Waals surface area contributed by atoms with Gasteiger partial charge in [0.15, 0.2) is 15.0 Å². The molecule has 3 aromatic rings. The van der Waals surface area contributed by atoms with E-state index in [1.54, 1.807) is 31.1 Å². The number of likely N-dealkylation sites (N-methyl/N-ethyl adjacent to an activating group) is 1. The Morgan fingerprint density at radius 1 is 1.06 bits per heavy atom. The van der Waals surface area contributed by atoms with Crippen LogP contribution in [0.15, 0.2) is 47.4 Å². The summed E-state index contributed by atoms with van der Waals surface area (Å²) in [5.41, 5.74) is 1.12. The fourth-order valence-electron chi connectivity index (χ4n) is 3.35. The van der Waals surface area contributed by atoms with Gasteiger partial charge in [-0.25, -0.2) is 13.4 Å². The average Bonchev–Trinajstić information content (AvgIpc) is 3.24. The lowest BCUT2D eigenvalue weighted by atomic mass is 10.2. The lowest BCUT2D eigenvalue weighted by molar-refractivity contribution is 0.0983. The number of thiazole rings is 1. The van der Waals surface area contributed by atoms with Crippen molar-refractivity contribution in [3.05, 3.63) is 48.0 Å². The van der Waals surface area contributed by atoms with E-state index in [-0.39, 0.29) is 29.0 Å². The monoisotopic (exact) mass is 511 g/mol. The molecule has 3 rings (SSSR count). The molecule has 1 amide bonds. The zero-order valence-corrected chi connectivity index (χ0v) is 21.7. The number of fused-ring (bicyclic) bond motifs is 1. The first-order valence-electron chi connectivity index (χ1n) is 10.6. The molecule has 180 valence electrons. The summed E-state index contributed by atoms with van der Waals surface area (Å²) in [6, 6.07) is 11.9. The summed E-state index contributed by atoms with van der Waals surface area (Å²) in [5, 5.41) is 0.578. The Kier molecular flexibility index (Phi) is 9.66. The second-order valence-corrected chi connectivity index (χ2v) is 10.5. The summed E-state index contributed by atoms with van der Waals surface area (Å²) in [6.45, 7) is 8.64. The van der Waals surface area contributed by atoms with Crippen molar-refractivity contribution in [3.8, 4) is 5.75 Å². The molecule has 2 aromatic carbocycles. The minimum atomic E-state index is -3.41. The number of methoxy groups -OCH3 is 1. The number of rotatable bonds is 10. The quantitative estimate of drug-likeness (QED) is 0.398. The van der Waals surface area contributed by atoms with Crippen molar-refractivity contribution in [1.82, 2.24) is 9.88 Å². The van der Waals surface area contributed by atoms with Crippen LogP contribution >= 0.6 is 23.7 Å². The summed E-state index contributed by atoms with van der Waals surface area (Å²) in [6.07, 6.45) is 0. The standard InChI is InChI=1S/C23H29N3O4S2.ClH/c1-5-25(6-2)13-14-26(23-24-20-12-11-18(30-4)16-21(20)31-23)22(27)17-9-8-10-19(15-17)32(28,29)7-3;/h8-12,15-16H,5-7,13-14H2,1-4H3;1H. The van der Waals surface area contributed by atoms with E-state index in [0.29, 0.717) is 23.8 Å². The Balaban J connectivity index is 0.00000385. The van der Waals surface area contributed by atoms with E-state index in [2.05, 4.69) is 23.7 Å². The predicted octanol–water partition coefficient (Wildman–Crippen LogP) is 4.51. The first-order valence-corrected chi connectivity index (χ1v) is 13.1. The van der Waals surface area contributed by atoms with Crippen molar-refractivity contribution in [3.63, 3.8) is 0 Å².